The van der Waals surface area contributed by atoms with Crippen molar-refractivity contribution in [3.8, 4) is 0 Å². The Morgan fingerprint density at radius 1 is 1.05 bits per heavy atom. The molecule has 1 N–H and O–H groups in total. The number of benzene rings is 2. The molecule has 0 aliphatic heterocycles. The van der Waals surface area contributed by atoms with Gasteiger partial charge >= 0.3 is 5.97 Å². The van der Waals surface area contributed by atoms with E-state index in [9.17, 15) is 13.2 Å². The van der Waals surface area contributed by atoms with E-state index in [1.165, 1.54) is 29.6 Å². The van der Waals surface area contributed by atoms with Crippen molar-refractivity contribution in [1.29, 1.82) is 0 Å². The fourth-order valence-corrected chi connectivity index (χ4v) is 3.05. The number of nitrogens with zero attached hydrogens (tertiary/aromatic N) is 1. The minimum Gasteiger partial charge on any atom is -0.478 e. The van der Waals surface area contributed by atoms with Gasteiger partial charge in [0.1, 0.15) is 0 Å². The lowest BCUT2D eigenvalue weighted by molar-refractivity contribution is -0.131. The van der Waals surface area contributed by atoms with Gasteiger partial charge in [0.2, 0.25) is 0 Å². The van der Waals surface area contributed by atoms with Gasteiger partial charge in [-0.25, -0.2) is 13.2 Å². The van der Waals surface area contributed by atoms with Crippen LogP contribution in [0.2, 0.25) is 0 Å². The topological polar surface area (TPSA) is 74.7 Å². The molecular formula is C16H15NO4S. The Hall–Kier alpha value is -2.60. The highest BCUT2D eigenvalue weighted by molar-refractivity contribution is 7.92. The summed E-state index contributed by atoms with van der Waals surface area (Å²) < 4.78 is 26.3. The molecule has 0 aliphatic carbocycles. The van der Waals surface area contributed by atoms with Crippen LogP contribution in [-0.4, -0.2) is 26.5 Å². The van der Waals surface area contributed by atoms with Gasteiger partial charge in [-0.15, -0.1) is 0 Å². The molecule has 0 spiro atoms. The van der Waals surface area contributed by atoms with Gasteiger partial charge in [-0.3, -0.25) is 4.31 Å². The number of aliphatic carboxylic acids is 1. The van der Waals surface area contributed by atoms with E-state index in [0.717, 1.165) is 6.08 Å². The van der Waals surface area contributed by atoms with Gasteiger partial charge in [0.25, 0.3) is 10.0 Å². The molecule has 0 aliphatic rings. The lowest BCUT2D eigenvalue weighted by Gasteiger charge is -2.19. The number of para-hydroxylation sites is 1. The highest BCUT2D eigenvalue weighted by Crippen LogP contribution is 2.22. The molecule has 2 rings (SSSR count). The zero-order chi connectivity index (χ0) is 16.2. The second-order valence-electron chi connectivity index (χ2n) is 4.55. The van der Waals surface area contributed by atoms with Crippen molar-refractivity contribution in [2.24, 2.45) is 0 Å². The fraction of sp³-hybridized carbons (Fsp3) is 0.0625. The third kappa shape index (κ3) is 3.53. The molecule has 0 amide bonds. The van der Waals surface area contributed by atoms with Gasteiger partial charge < -0.3 is 5.11 Å². The highest BCUT2D eigenvalue weighted by atomic mass is 32.2. The first-order chi connectivity index (χ1) is 10.4. The molecule has 0 unspecified atom stereocenters. The van der Waals surface area contributed by atoms with Crippen molar-refractivity contribution < 1.29 is 18.3 Å². The van der Waals surface area contributed by atoms with E-state index < -0.39 is 16.0 Å². The third-order valence-electron chi connectivity index (χ3n) is 3.08. The number of carboxylic acids is 1. The molecule has 5 nitrogen and oxygen atoms in total. The van der Waals surface area contributed by atoms with E-state index in [1.807, 2.05) is 6.07 Å². The van der Waals surface area contributed by atoms with E-state index in [1.54, 1.807) is 36.4 Å². The molecular weight excluding hydrogens is 302 g/mol. The van der Waals surface area contributed by atoms with Crippen molar-refractivity contribution in [2.75, 3.05) is 11.4 Å². The SMILES string of the molecule is CN(c1ccccc1)S(=O)(=O)c1ccc(C=CC(=O)O)cc1. The van der Waals surface area contributed by atoms with Gasteiger partial charge in [0, 0.05) is 13.1 Å². The zero-order valence-electron chi connectivity index (χ0n) is 11.9. The van der Waals surface area contributed by atoms with Crippen molar-refractivity contribution >= 4 is 27.8 Å². The van der Waals surface area contributed by atoms with Crippen LogP contribution < -0.4 is 4.31 Å². The molecule has 2 aromatic carbocycles. The van der Waals surface area contributed by atoms with E-state index in [-0.39, 0.29) is 4.90 Å². The predicted octanol–water partition coefficient (Wildman–Crippen LogP) is 2.61. The third-order valence-corrected chi connectivity index (χ3v) is 4.88. The Bertz CT molecular complexity index is 781. The average Bonchev–Trinajstić information content (AvgIpc) is 2.53. The maximum atomic E-state index is 12.5. The number of carbonyl (C=O) groups is 1. The van der Waals surface area contributed by atoms with Crippen LogP contribution in [0.5, 0.6) is 0 Å². The smallest absolute Gasteiger partial charge is 0.328 e. The zero-order valence-corrected chi connectivity index (χ0v) is 12.7. The Kier molecular flexibility index (Phi) is 4.62. The molecule has 0 radical (unpaired) electrons. The van der Waals surface area contributed by atoms with Crippen LogP contribution in [0.15, 0.2) is 65.6 Å². The monoisotopic (exact) mass is 317 g/mol. The van der Waals surface area contributed by atoms with Crippen molar-refractivity contribution in [1.82, 2.24) is 0 Å². The van der Waals surface area contributed by atoms with Crippen LogP contribution in [0.4, 0.5) is 5.69 Å². The number of carboxylic acid groups (broad SMARTS) is 1. The number of rotatable bonds is 5. The van der Waals surface area contributed by atoms with Crippen LogP contribution >= 0.6 is 0 Å². The lowest BCUT2D eigenvalue weighted by Crippen LogP contribution is -2.26. The van der Waals surface area contributed by atoms with Crippen molar-refractivity contribution in [2.45, 2.75) is 4.90 Å². The predicted molar refractivity (Wildman–Crippen MR) is 85.1 cm³/mol. The quantitative estimate of drug-likeness (QED) is 0.860. The van der Waals surface area contributed by atoms with Crippen LogP contribution in [0, 0.1) is 0 Å². The Labute approximate surface area is 129 Å². The van der Waals surface area contributed by atoms with Crippen molar-refractivity contribution in [3.05, 3.63) is 66.2 Å². The Balaban J connectivity index is 2.28. The van der Waals surface area contributed by atoms with E-state index in [0.29, 0.717) is 11.3 Å². The highest BCUT2D eigenvalue weighted by Gasteiger charge is 2.20. The molecule has 2 aromatic rings. The van der Waals surface area contributed by atoms with Gasteiger partial charge in [-0.2, -0.15) is 0 Å². The van der Waals surface area contributed by atoms with Crippen LogP contribution in [0.1, 0.15) is 5.56 Å². The molecule has 6 heteroatoms. The summed E-state index contributed by atoms with van der Waals surface area (Å²) >= 11 is 0. The first-order valence-electron chi connectivity index (χ1n) is 6.46. The van der Waals surface area contributed by atoms with Gasteiger partial charge in [0.05, 0.1) is 10.6 Å². The summed E-state index contributed by atoms with van der Waals surface area (Å²) in [5, 5.41) is 8.57. The normalized spacial score (nSPS) is 11.5. The van der Waals surface area contributed by atoms with Gasteiger partial charge in [0.15, 0.2) is 0 Å². The summed E-state index contributed by atoms with van der Waals surface area (Å²) in [4.78, 5) is 10.6. The molecule has 0 saturated carbocycles. The first kappa shape index (κ1) is 15.8. The number of sulfonamides is 1. The Morgan fingerprint density at radius 2 is 1.64 bits per heavy atom. The summed E-state index contributed by atoms with van der Waals surface area (Å²) in [5.41, 5.74) is 1.18. The number of hydrogen-bond donors (Lipinski definition) is 1. The van der Waals surface area contributed by atoms with Gasteiger partial charge in [-0.05, 0) is 35.9 Å². The summed E-state index contributed by atoms with van der Waals surface area (Å²) in [6, 6.07) is 14.8. The van der Waals surface area contributed by atoms with E-state index in [2.05, 4.69) is 0 Å². The molecule has 0 aromatic heterocycles. The van der Waals surface area contributed by atoms with Crippen LogP contribution in [-0.2, 0) is 14.8 Å². The fourth-order valence-electron chi connectivity index (χ4n) is 1.85. The maximum Gasteiger partial charge on any atom is 0.328 e. The second-order valence-corrected chi connectivity index (χ2v) is 6.52. The minimum absolute atomic E-state index is 0.145. The number of anilines is 1. The van der Waals surface area contributed by atoms with Crippen LogP contribution in [0.25, 0.3) is 6.08 Å². The summed E-state index contributed by atoms with van der Waals surface area (Å²) in [7, 11) is -2.16. The lowest BCUT2D eigenvalue weighted by atomic mass is 10.2. The molecule has 114 valence electrons. The summed E-state index contributed by atoms with van der Waals surface area (Å²) in [6.07, 6.45) is 2.40. The summed E-state index contributed by atoms with van der Waals surface area (Å²) in [6.45, 7) is 0. The molecule has 0 heterocycles. The van der Waals surface area contributed by atoms with Crippen LogP contribution in [0.3, 0.4) is 0 Å². The van der Waals surface area contributed by atoms with E-state index in [4.69, 9.17) is 5.11 Å². The van der Waals surface area contributed by atoms with E-state index >= 15 is 0 Å². The molecule has 0 fully saturated rings. The summed E-state index contributed by atoms with van der Waals surface area (Å²) in [5.74, 6) is -1.06. The van der Waals surface area contributed by atoms with Crippen molar-refractivity contribution in [3.63, 3.8) is 0 Å². The van der Waals surface area contributed by atoms with Gasteiger partial charge in [-0.1, -0.05) is 30.3 Å². The maximum absolute atomic E-state index is 12.5. The molecule has 0 bridgehead atoms. The number of hydrogen-bond acceptors (Lipinski definition) is 3. The first-order valence-corrected chi connectivity index (χ1v) is 7.90. The molecule has 0 saturated heterocycles. The second kappa shape index (κ2) is 6.44. The molecule has 0 atom stereocenters. The molecule has 22 heavy (non-hydrogen) atoms. The minimum atomic E-state index is -3.65. The Morgan fingerprint density at radius 3 is 2.18 bits per heavy atom. The standard InChI is InChI=1S/C16H15NO4S/c1-17(14-5-3-2-4-6-14)22(20,21)15-10-7-13(8-11-15)9-12-16(18)19/h2-12H,1H3,(H,18,19). The largest absolute Gasteiger partial charge is 0.478 e. The average molecular weight is 317 g/mol.